The zero-order valence-electron chi connectivity index (χ0n) is 18.2. The summed E-state index contributed by atoms with van der Waals surface area (Å²) in [6.07, 6.45) is 1.26. The van der Waals surface area contributed by atoms with E-state index < -0.39 is 8.32 Å². The fourth-order valence-electron chi connectivity index (χ4n) is 2.21. The van der Waals surface area contributed by atoms with Crippen LogP contribution in [-0.4, -0.2) is 80.0 Å². The van der Waals surface area contributed by atoms with Crippen LogP contribution in [0.3, 0.4) is 0 Å². The SMILES string of the molecule is COCC(C)OCC(C)OCC(C)OCC(C)OCCC[Si](C)(C)OC. The Labute approximate surface area is 161 Å². The van der Waals surface area contributed by atoms with Gasteiger partial charge in [-0.2, -0.15) is 0 Å². The summed E-state index contributed by atoms with van der Waals surface area (Å²) in [5.74, 6) is 0. The molecule has 4 unspecified atom stereocenters. The number of hydrogen-bond donors (Lipinski definition) is 0. The fraction of sp³-hybridized carbons (Fsp3) is 1.00. The first-order chi connectivity index (χ1) is 12.2. The summed E-state index contributed by atoms with van der Waals surface area (Å²) >= 11 is 0. The highest BCUT2D eigenvalue weighted by molar-refractivity contribution is 6.71. The van der Waals surface area contributed by atoms with Crippen LogP contribution in [0, 0.1) is 0 Å². The minimum absolute atomic E-state index is 0.0275. The first-order valence-corrected chi connectivity index (χ1v) is 12.8. The van der Waals surface area contributed by atoms with Crippen LogP contribution in [0.2, 0.25) is 19.1 Å². The molecule has 7 heteroatoms. The Morgan fingerprint density at radius 1 is 0.654 bits per heavy atom. The van der Waals surface area contributed by atoms with E-state index in [4.69, 9.17) is 28.1 Å². The van der Waals surface area contributed by atoms with Gasteiger partial charge < -0.3 is 28.1 Å². The van der Waals surface area contributed by atoms with E-state index in [1.807, 2.05) is 27.7 Å². The predicted molar refractivity (Wildman–Crippen MR) is 107 cm³/mol. The third kappa shape index (κ3) is 15.1. The molecule has 0 heterocycles. The molecule has 0 amide bonds. The van der Waals surface area contributed by atoms with Crippen molar-refractivity contribution in [3.8, 4) is 0 Å². The molecule has 0 aromatic rings. The highest BCUT2D eigenvalue weighted by Gasteiger charge is 2.19. The van der Waals surface area contributed by atoms with Crippen molar-refractivity contribution in [3.05, 3.63) is 0 Å². The molecule has 26 heavy (non-hydrogen) atoms. The Kier molecular flexibility index (Phi) is 15.0. The predicted octanol–water partition coefficient (Wildman–Crippen LogP) is 3.49. The van der Waals surface area contributed by atoms with E-state index in [1.54, 1.807) is 14.2 Å². The molecule has 0 spiro atoms. The van der Waals surface area contributed by atoms with Crippen molar-refractivity contribution in [3.63, 3.8) is 0 Å². The minimum Gasteiger partial charge on any atom is -0.420 e. The molecule has 0 aromatic heterocycles. The lowest BCUT2D eigenvalue weighted by molar-refractivity contribution is -0.0904. The normalized spacial score (nSPS) is 17.1. The third-order valence-corrected chi connectivity index (χ3v) is 6.79. The van der Waals surface area contributed by atoms with Crippen LogP contribution in [0.25, 0.3) is 0 Å². The molecule has 0 bridgehead atoms. The molecule has 0 radical (unpaired) electrons. The van der Waals surface area contributed by atoms with Crippen molar-refractivity contribution in [2.45, 2.75) is 77.7 Å². The van der Waals surface area contributed by atoms with Gasteiger partial charge in [-0.3, -0.25) is 0 Å². The second-order valence-electron chi connectivity index (χ2n) is 7.64. The average Bonchev–Trinajstić information content (AvgIpc) is 2.60. The molecule has 0 fully saturated rings. The van der Waals surface area contributed by atoms with Gasteiger partial charge in [-0.1, -0.05) is 0 Å². The molecular formula is C19H42O6Si. The Morgan fingerprint density at radius 2 is 1.08 bits per heavy atom. The first kappa shape index (κ1) is 26.0. The van der Waals surface area contributed by atoms with E-state index in [9.17, 15) is 0 Å². The lowest BCUT2D eigenvalue weighted by Crippen LogP contribution is -2.29. The topological polar surface area (TPSA) is 55.4 Å². The second-order valence-corrected chi connectivity index (χ2v) is 12.1. The van der Waals surface area contributed by atoms with Gasteiger partial charge in [0.2, 0.25) is 0 Å². The largest absolute Gasteiger partial charge is 0.420 e. The fourth-order valence-corrected chi connectivity index (χ4v) is 3.41. The molecule has 6 nitrogen and oxygen atoms in total. The summed E-state index contributed by atoms with van der Waals surface area (Å²) in [5.41, 5.74) is 0. The Balaban J connectivity index is 3.69. The van der Waals surface area contributed by atoms with Crippen LogP contribution in [0.5, 0.6) is 0 Å². The van der Waals surface area contributed by atoms with Crippen LogP contribution in [0.4, 0.5) is 0 Å². The van der Waals surface area contributed by atoms with Gasteiger partial charge in [0.15, 0.2) is 8.32 Å². The molecule has 0 aliphatic carbocycles. The zero-order valence-corrected chi connectivity index (χ0v) is 19.2. The van der Waals surface area contributed by atoms with Crippen LogP contribution in [0.15, 0.2) is 0 Å². The van der Waals surface area contributed by atoms with Crippen molar-refractivity contribution in [1.82, 2.24) is 0 Å². The smallest absolute Gasteiger partial charge is 0.186 e. The third-order valence-electron chi connectivity index (χ3n) is 4.13. The van der Waals surface area contributed by atoms with Crippen LogP contribution in [-0.2, 0) is 28.1 Å². The summed E-state index contributed by atoms with van der Waals surface area (Å²) in [6.45, 7) is 15.5. The quantitative estimate of drug-likeness (QED) is 0.278. The maximum absolute atomic E-state index is 5.81. The van der Waals surface area contributed by atoms with E-state index in [-0.39, 0.29) is 24.4 Å². The highest BCUT2D eigenvalue weighted by atomic mass is 28.4. The maximum atomic E-state index is 5.81. The molecule has 0 aromatic carbocycles. The van der Waals surface area contributed by atoms with E-state index >= 15 is 0 Å². The van der Waals surface area contributed by atoms with Gasteiger partial charge in [-0.25, -0.2) is 0 Å². The number of ether oxygens (including phenoxy) is 5. The second kappa shape index (κ2) is 15.0. The molecule has 158 valence electrons. The van der Waals surface area contributed by atoms with Crippen LogP contribution in [0.1, 0.15) is 34.1 Å². The van der Waals surface area contributed by atoms with E-state index in [2.05, 4.69) is 13.1 Å². The van der Waals surface area contributed by atoms with Gasteiger partial charge in [0.25, 0.3) is 0 Å². The van der Waals surface area contributed by atoms with Gasteiger partial charge in [0.05, 0.1) is 50.8 Å². The monoisotopic (exact) mass is 394 g/mol. The van der Waals surface area contributed by atoms with E-state index in [0.29, 0.717) is 26.4 Å². The van der Waals surface area contributed by atoms with Gasteiger partial charge in [0, 0.05) is 20.8 Å². The first-order valence-electron chi connectivity index (χ1n) is 9.70. The lowest BCUT2D eigenvalue weighted by atomic mass is 10.3. The molecule has 0 N–H and O–H groups in total. The van der Waals surface area contributed by atoms with Crippen molar-refractivity contribution < 1.29 is 28.1 Å². The Bertz CT molecular complexity index is 329. The van der Waals surface area contributed by atoms with Gasteiger partial charge >= 0.3 is 0 Å². The van der Waals surface area contributed by atoms with E-state index in [1.165, 1.54) is 0 Å². The summed E-state index contributed by atoms with van der Waals surface area (Å²) in [5, 5.41) is 0. The van der Waals surface area contributed by atoms with Gasteiger partial charge in [-0.05, 0) is 53.3 Å². The zero-order chi connectivity index (χ0) is 20.0. The van der Waals surface area contributed by atoms with Crippen molar-refractivity contribution in [2.75, 3.05) is 47.3 Å². The number of hydrogen-bond acceptors (Lipinski definition) is 6. The Morgan fingerprint density at radius 3 is 1.50 bits per heavy atom. The Hall–Kier alpha value is -0.0231. The van der Waals surface area contributed by atoms with Crippen LogP contribution >= 0.6 is 0 Å². The molecule has 0 saturated heterocycles. The van der Waals surface area contributed by atoms with Crippen molar-refractivity contribution in [1.29, 1.82) is 0 Å². The molecule has 0 rings (SSSR count). The summed E-state index contributed by atoms with van der Waals surface area (Å²) in [4.78, 5) is 0. The summed E-state index contributed by atoms with van der Waals surface area (Å²) < 4.78 is 33.6. The van der Waals surface area contributed by atoms with Crippen molar-refractivity contribution >= 4 is 8.32 Å². The lowest BCUT2D eigenvalue weighted by Gasteiger charge is -2.22. The van der Waals surface area contributed by atoms with Crippen LogP contribution < -0.4 is 0 Å². The highest BCUT2D eigenvalue weighted by Crippen LogP contribution is 2.12. The van der Waals surface area contributed by atoms with Gasteiger partial charge in [0.1, 0.15) is 0 Å². The van der Waals surface area contributed by atoms with Crippen molar-refractivity contribution in [2.24, 2.45) is 0 Å². The molecule has 0 aliphatic rings. The number of methoxy groups -OCH3 is 1. The average molecular weight is 395 g/mol. The summed E-state index contributed by atoms with van der Waals surface area (Å²) in [6, 6.07) is 1.12. The standard InChI is InChI=1S/C19H42O6Si/c1-16(12-20-5)23-14-18(3)25-15-19(4)24-13-17(2)22-10-9-11-26(7,8)21-6/h16-19H,9-15H2,1-8H3. The molecule has 0 aliphatic heterocycles. The molecular weight excluding hydrogens is 352 g/mol. The molecule has 0 saturated carbocycles. The summed E-state index contributed by atoms with van der Waals surface area (Å²) in [7, 11) is 2.01. The maximum Gasteiger partial charge on any atom is 0.186 e. The van der Waals surface area contributed by atoms with E-state index in [0.717, 1.165) is 19.1 Å². The minimum atomic E-state index is -1.47. The molecule has 4 atom stereocenters. The number of rotatable bonds is 17. The van der Waals surface area contributed by atoms with Gasteiger partial charge in [-0.15, -0.1) is 0 Å².